The molecule has 3 heteroatoms. The average Bonchev–Trinajstić information content (AvgIpc) is 2.64. The monoisotopic (exact) mass is 243 g/mol. The number of hydrogen-bond donors (Lipinski definition) is 1. The Bertz CT molecular complexity index is 440. The number of nitrogens with one attached hydrogen (secondary N) is 1. The Hall–Kier alpha value is -1.37. The molecule has 18 heavy (non-hydrogen) atoms. The van der Waals surface area contributed by atoms with E-state index < -0.39 is 0 Å². The molecule has 0 aliphatic carbocycles. The predicted octanol–water partition coefficient (Wildman–Crippen LogP) is 2.16. The van der Waals surface area contributed by atoms with E-state index in [0.717, 1.165) is 38.2 Å². The van der Waals surface area contributed by atoms with Crippen molar-refractivity contribution >= 4 is 0 Å². The van der Waals surface area contributed by atoms with Crippen LogP contribution in [0.4, 0.5) is 0 Å². The molecule has 1 unspecified atom stereocenters. The zero-order valence-corrected chi connectivity index (χ0v) is 11.2. The quantitative estimate of drug-likeness (QED) is 0.865. The number of benzene rings is 1. The Balaban J connectivity index is 2.21. The van der Waals surface area contributed by atoms with Gasteiger partial charge in [-0.2, -0.15) is 5.26 Å². The molecular formula is C15H21N3. The van der Waals surface area contributed by atoms with E-state index >= 15 is 0 Å². The van der Waals surface area contributed by atoms with E-state index in [9.17, 15) is 5.26 Å². The van der Waals surface area contributed by atoms with Gasteiger partial charge in [0.2, 0.25) is 0 Å². The molecule has 1 saturated heterocycles. The summed E-state index contributed by atoms with van der Waals surface area (Å²) in [5.41, 5.74) is 3.68. The molecule has 0 spiro atoms. The molecule has 1 aliphatic heterocycles. The molecule has 1 fully saturated rings. The number of rotatable bonds is 2. The molecule has 1 atom stereocenters. The van der Waals surface area contributed by atoms with Crippen molar-refractivity contribution in [1.29, 1.82) is 5.26 Å². The molecule has 1 aromatic rings. The third kappa shape index (κ3) is 2.90. The van der Waals surface area contributed by atoms with E-state index in [-0.39, 0.29) is 6.04 Å². The Labute approximate surface area is 109 Å². The lowest BCUT2D eigenvalue weighted by Crippen LogP contribution is -2.31. The van der Waals surface area contributed by atoms with E-state index in [1.54, 1.807) is 0 Å². The van der Waals surface area contributed by atoms with Gasteiger partial charge >= 0.3 is 0 Å². The Kier molecular flexibility index (Phi) is 4.35. The van der Waals surface area contributed by atoms with Crippen molar-refractivity contribution in [3.05, 3.63) is 34.9 Å². The van der Waals surface area contributed by atoms with Crippen LogP contribution < -0.4 is 5.32 Å². The molecule has 0 radical (unpaired) electrons. The maximum Gasteiger partial charge on any atom is 0.123 e. The first-order chi connectivity index (χ1) is 8.72. The zero-order valence-electron chi connectivity index (χ0n) is 11.2. The molecule has 3 nitrogen and oxygen atoms in total. The fourth-order valence-electron chi connectivity index (χ4n) is 2.43. The van der Waals surface area contributed by atoms with Crippen molar-refractivity contribution in [3.8, 4) is 6.07 Å². The third-order valence-corrected chi connectivity index (χ3v) is 3.71. The van der Waals surface area contributed by atoms with E-state index in [0.29, 0.717) is 0 Å². The van der Waals surface area contributed by atoms with Crippen molar-refractivity contribution in [1.82, 2.24) is 10.2 Å². The van der Waals surface area contributed by atoms with E-state index in [1.165, 1.54) is 11.1 Å². The van der Waals surface area contributed by atoms with Crippen LogP contribution in [-0.2, 0) is 0 Å². The highest BCUT2D eigenvalue weighted by atomic mass is 15.2. The van der Waals surface area contributed by atoms with Gasteiger partial charge in [0.25, 0.3) is 0 Å². The lowest BCUT2D eigenvalue weighted by atomic mass is 10.0. The van der Waals surface area contributed by atoms with Crippen molar-refractivity contribution in [3.63, 3.8) is 0 Å². The average molecular weight is 243 g/mol. The van der Waals surface area contributed by atoms with Gasteiger partial charge in [0.1, 0.15) is 6.04 Å². The summed E-state index contributed by atoms with van der Waals surface area (Å²) in [5.74, 6) is 0. The van der Waals surface area contributed by atoms with Gasteiger partial charge in [-0.3, -0.25) is 4.90 Å². The minimum absolute atomic E-state index is 0.107. The molecule has 0 amide bonds. The highest BCUT2D eigenvalue weighted by Crippen LogP contribution is 2.22. The first-order valence-electron chi connectivity index (χ1n) is 6.64. The number of hydrogen-bond acceptors (Lipinski definition) is 3. The summed E-state index contributed by atoms with van der Waals surface area (Å²) in [6, 6.07) is 8.72. The second-order valence-corrected chi connectivity index (χ2v) is 5.01. The maximum absolute atomic E-state index is 9.47. The molecule has 0 saturated carbocycles. The van der Waals surface area contributed by atoms with Gasteiger partial charge in [-0.05, 0) is 43.5 Å². The summed E-state index contributed by atoms with van der Waals surface area (Å²) in [6.45, 7) is 8.20. The molecule has 0 bridgehead atoms. The zero-order chi connectivity index (χ0) is 13.0. The van der Waals surface area contributed by atoms with E-state index in [4.69, 9.17) is 0 Å². The molecule has 1 aliphatic rings. The highest BCUT2D eigenvalue weighted by Gasteiger charge is 2.21. The van der Waals surface area contributed by atoms with Crippen molar-refractivity contribution in [2.45, 2.75) is 26.3 Å². The number of nitrogens with zero attached hydrogens (tertiary/aromatic N) is 2. The van der Waals surface area contributed by atoms with Gasteiger partial charge < -0.3 is 5.32 Å². The van der Waals surface area contributed by atoms with Crippen LogP contribution in [0.2, 0.25) is 0 Å². The van der Waals surface area contributed by atoms with Crippen LogP contribution >= 0.6 is 0 Å². The van der Waals surface area contributed by atoms with Crippen LogP contribution in [0.15, 0.2) is 18.2 Å². The van der Waals surface area contributed by atoms with E-state index in [1.807, 2.05) is 0 Å². The third-order valence-electron chi connectivity index (χ3n) is 3.71. The molecule has 1 N–H and O–H groups in total. The predicted molar refractivity (Wildman–Crippen MR) is 73.3 cm³/mol. The van der Waals surface area contributed by atoms with Gasteiger partial charge in [-0.15, -0.1) is 0 Å². The summed E-state index contributed by atoms with van der Waals surface area (Å²) >= 11 is 0. The van der Waals surface area contributed by atoms with Crippen molar-refractivity contribution in [2.75, 3.05) is 26.2 Å². The van der Waals surface area contributed by atoms with Crippen LogP contribution in [0.5, 0.6) is 0 Å². The Morgan fingerprint density at radius 3 is 2.78 bits per heavy atom. The van der Waals surface area contributed by atoms with Crippen LogP contribution in [0.3, 0.4) is 0 Å². The minimum atomic E-state index is -0.107. The highest BCUT2D eigenvalue weighted by molar-refractivity contribution is 5.34. The summed E-state index contributed by atoms with van der Waals surface area (Å²) in [6.07, 6.45) is 1.11. The maximum atomic E-state index is 9.47. The Morgan fingerprint density at radius 1 is 1.22 bits per heavy atom. The summed E-state index contributed by atoms with van der Waals surface area (Å²) in [4.78, 5) is 2.28. The normalized spacial score (nSPS) is 18.9. The SMILES string of the molecule is Cc1ccc(C(C#N)N2CCCNCC2)cc1C. The second kappa shape index (κ2) is 5.99. The van der Waals surface area contributed by atoms with E-state index in [2.05, 4.69) is 48.3 Å². The summed E-state index contributed by atoms with van der Waals surface area (Å²) in [7, 11) is 0. The van der Waals surface area contributed by atoms with Crippen LogP contribution in [-0.4, -0.2) is 31.1 Å². The topological polar surface area (TPSA) is 39.1 Å². The van der Waals surface area contributed by atoms with Gasteiger partial charge in [0.05, 0.1) is 6.07 Å². The van der Waals surface area contributed by atoms with Gasteiger partial charge in [0, 0.05) is 19.6 Å². The summed E-state index contributed by atoms with van der Waals surface area (Å²) in [5, 5.41) is 12.8. The van der Waals surface area contributed by atoms with Crippen LogP contribution in [0, 0.1) is 25.2 Å². The van der Waals surface area contributed by atoms with Gasteiger partial charge in [-0.25, -0.2) is 0 Å². The first kappa shape index (κ1) is 13.1. The lowest BCUT2D eigenvalue weighted by Gasteiger charge is -2.25. The molecule has 96 valence electrons. The van der Waals surface area contributed by atoms with Gasteiger partial charge in [-0.1, -0.05) is 18.2 Å². The molecule has 1 aromatic carbocycles. The molecular weight excluding hydrogens is 222 g/mol. The van der Waals surface area contributed by atoms with Crippen molar-refractivity contribution in [2.24, 2.45) is 0 Å². The summed E-state index contributed by atoms with van der Waals surface area (Å²) < 4.78 is 0. The minimum Gasteiger partial charge on any atom is -0.315 e. The Morgan fingerprint density at radius 2 is 2.06 bits per heavy atom. The molecule has 2 rings (SSSR count). The number of nitriles is 1. The fraction of sp³-hybridized carbons (Fsp3) is 0.533. The molecule has 1 heterocycles. The standard InChI is InChI=1S/C15H21N3/c1-12-4-5-14(10-13(12)2)15(11-16)18-8-3-6-17-7-9-18/h4-5,10,15,17H,3,6-9H2,1-2H3. The van der Waals surface area contributed by atoms with Crippen LogP contribution in [0.25, 0.3) is 0 Å². The fourth-order valence-corrected chi connectivity index (χ4v) is 2.43. The van der Waals surface area contributed by atoms with Crippen LogP contribution in [0.1, 0.15) is 29.2 Å². The first-order valence-corrected chi connectivity index (χ1v) is 6.64. The van der Waals surface area contributed by atoms with Crippen molar-refractivity contribution < 1.29 is 0 Å². The second-order valence-electron chi connectivity index (χ2n) is 5.01. The van der Waals surface area contributed by atoms with Gasteiger partial charge in [0.15, 0.2) is 0 Å². The largest absolute Gasteiger partial charge is 0.315 e. The lowest BCUT2D eigenvalue weighted by molar-refractivity contribution is 0.252. The molecule has 0 aromatic heterocycles. The smallest absolute Gasteiger partial charge is 0.123 e. The number of aryl methyl sites for hydroxylation is 2.